The number of nitrogens with one attached hydrogen (secondary N) is 1. The SMILES string of the molecule is COc1ccc(CCNc2cccc(N(C)C)c2)cc1. The van der Waals surface area contributed by atoms with Gasteiger partial charge in [-0.1, -0.05) is 18.2 Å². The van der Waals surface area contributed by atoms with Crippen LogP contribution < -0.4 is 15.0 Å². The van der Waals surface area contributed by atoms with Gasteiger partial charge in [-0.2, -0.15) is 0 Å². The molecule has 3 heteroatoms. The summed E-state index contributed by atoms with van der Waals surface area (Å²) in [4.78, 5) is 2.11. The molecule has 0 aliphatic carbocycles. The van der Waals surface area contributed by atoms with Crippen LogP contribution in [0.4, 0.5) is 11.4 Å². The largest absolute Gasteiger partial charge is 0.497 e. The van der Waals surface area contributed by atoms with Crippen LogP contribution in [0.15, 0.2) is 48.5 Å². The number of hydrogen-bond acceptors (Lipinski definition) is 3. The van der Waals surface area contributed by atoms with E-state index in [2.05, 4.69) is 60.7 Å². The molecule has 0 heterocycles. The number of nitrogens with zero attached hydrogens (tertiary/aromatic N) is 1. The fraction of sp³-hybridized carbons (Fsp3) is 0.294. The van der Waals surface area contributed by atoms with Gasteiger partial charge in [-0.3, -0.25) is 0 Å². The summed E-state index contributed by atoms with van der Waals surface area (Å²) >= 11 is 0. The summed E-state index contributed by atoms with van der Waals surface area (Å²) in [5.74, 6) is 0.903. The van der Waals surface area contributed by atoms with Crippen molar-refractivity contribution < 1.29 is 4.74 Å². The number of rotatable bonds is 6. The molecule has 0 unspecified atom stereocenters. The van der Waals surface area contributed by atoms with Gasteiger partial charge in [0.15, 0.2) is 0 Å². The molecule has 2 aromatic carbocycles. The predicted molar refractivity (Wildman–Crippen MR) is 86.0 cm³/mol. The molecule has 0 aliphatic rings. The average Bonchev–Trinajstić information content (AvgIpc) is 2.48. The van der Waals surface area contributed by atoms with E-state index in [0.29, 0.717) is 0 Å². The monoisotopic (exact) mass is 270 g/mol. The molecule has 20 heavy (non-hydrogen) atoms. The van der Waals surface area contributed by atoms with Crippen molar-refractivity contribution in [1.82, 2.24) is 0 Å². The minimum atomic E-state index is 0.903. The Morgan fingerprint density at radius 2 is 1.80 bits per heavy atom. The zero-order valence-electron chi connectivity index (χ0n) is 12.4. The molecule has 0 saturated carbocycles. The number of benzene rings is 2. The second-order valence-electron chi connectivity index (χ2n) is 4.97. The zero-order valence-corrected chi connectivity index (χ0v) is 12.4. The van der Waals surface area contributed by atoms with Crippen LogP contribution in [0.3, 0.4) is 0 Å². The molecule has 0 atom stereocenters. The van der Waals surface area contributed by atoms with Crippen molar-refractivity contribution in [3.8, 4) is 5.75 Å². The molecule has 0 amide bonds. The summed E-state index contributed by atoms with van der Waals surface area (Å²) in [5, 5.41) is 3.46. The summed E-state index contributed by atoms with van der Waals surface area (Å²) < 4.78 is 5.16. The van der Waals surface area contributed by atoms with Crippen LogP contribution in [0.5, 0.6) is 5.75 Å². The molecule has 106 valence electrons. The maximum absolute atomic E-state index is 5.16. The van der Waals surface area contributed by atoms with Gasteiger partial charge >= 0.3 is 0 Å². The lowest BCUT2D eigenvalue weighted by Gasteiger charge is -2.14. The van der Waals surface area contributed by atoms with Crippen LogP contribution in [0.1, 0.15) is 5.56 Å². The molecule has 0 aliphatic heterocycles. The van der Waals surface area contributed by atoms with Gasteiger partial charge in [0, 0.05) is 32.0 Å². The summed E-state index contributed by atoms with van der Waals surface area (Å²) in [5.41, 5.74) is 3.67. The van der Waals surface area contributed by atoms with Gasteiger partial charge in [0.1, 0.15) is 5.75 Å². The van der Waals surface area contributed by atoms with Gasteiger partial charge in [0.2, 0.25) is 0 Å². The number of ether oxygens (including phenoxy) is 1. The Bertz CT molecular complexity index is 535. The predicted octanol–water partition coefficient (Wildman–Crippen LogP) is 3.42. The number of anilines is 2. The van der Waals surface area contributed by atoms with E-state index in [4.69, 9.17) is 4.74 Å². The maximum atomic E-state index is 5.16. The van der Waals surface area contributed by atoms with Gasteiger partial charge in [-0.25, -0.2) is 0 Å². The highest BCUT2D eigenvalue weighted by Crippen LogP contribution is 2.17. The van der Waals surface area contributed by atoms with E-state index in [1.807, 2.05) is 12.1 Å². The fourth-order valence-electron chi connectivity index (χ4n) is 2.04. The molecule has 0 aromatic heterocycles. The molecule has 0 fully saturated rings. The minimum absolute atomic E-state index is 0.903. The van der Waals surface area contributed by atoms with E-state index < -0.39 is 0 Å². The molecule has 1 N–H and O–H groups in total. The van der Waals surface area contributed by atoms with E-state index in [1.54, 1.807) is 7.11 Å². The van der Waals surface area contributed by atoms with Crippen molar-refractivity contribution in [2.75, 3.05) is 38.0 Å². The third-order valence-corrected chi connectivity index (χ3v) is 3.26. The standard InChI is InChI=1S/C17H22N2O/c1-19(2)16-6-4-5-15(13-16)18-12-11-14-7-9-17(20-3)10-8-14/h4-10,13,18H,11-12H2,1-3H3. The first-order chi connectivity index (χ1) is 9.69. The van der Waals surface area contributed by atoms with Gasteiger partial charge in [-0.05, 0) is 42.3 Å². The van der Waals surface area contributed by atoms with Crippen LogP contribution in [0.2, 0.25) is 0 Å². The summed E-state index contributed by atoms with van der Waals surface area (Å²) in [6.45, 7) is 0.920. The van der Waals surface area contributed by atoms with Crippen LogP contribution in [-0.4, -0.2) is 27.7 Å². The number of methoxy groups -OCH3 is 1. The second kappa shape index (κ2) is 6.85. The van der Waals surface area contributed by atoms with E-state index >= 15 is 0 Å². The Kier molecular flexibility index (Phi) is 4.88. The van der Waals surface area contributed by atoms with Crippen LogP contribution in [-0.2, 0) is 6.42 Å². The molecular weight excluding hydrogens is 248 g/mol. The summed E-state index contributed by atoms with van der Waals surface area (Å²) in [6.07, 6.45) is 0.996. The first kappa shape index (κ1) is 14.3. The molecule has 0 bridgehead atoms. The first-order valence-electron chi connectivity index (χ1n) is 6.83. The molecule has 2 aromatic rings. The quantitative estimate of drug-likeness (QED) is 0.870. The lowest BCUT2D eigenvalue weighted by molar-refractivity contribution is 0.414. The Morgan fingerprint density at radius 1 is 1.05 bits per heavy atom. The molecular formula is C17H22N2O. The Labute approximate surface area is 121 Å². The molecule has 0 radical (unpaired) electrons. The van der Waals surface area contributed by atoms with Crippen molar-refractivity contribution in [3.63, 3.8) is 0 Å². The van der Waals surface area contributed by atoms with Crippen molar-refractivity contribution in [1.29, 1.82) is 0 Å². The van der Waals surface area contributed by atoms with Crippen molar-refractivity contribution in [2.24, 2.45) is 0 Å². The minimum Gasteiger partial charge on any atom is -0.497 e. The molecule has 2 rings (SSSR count). The highest BCUT2D eigenvalue weighted by atomic mass is 16.5. The van der Waals surface area contributed by atoms with E-state index in [9.17, 15) is 0 Å². The molecule has 3 nitrogen and oxygen atoms in total. The van der Waals surface area contributed by atoms with E-state index in [0.717, 1.165) is 24.4 Å². The lowest BCUT2D eigenvalue weighted by Crippen LogP contribution is -2.10. The average molecular weight is 270 g/mol. The van der Waals surface area contributed by atoms with Gasteiger partial charge in [0.25, 0.3) is 0 Å². The molecule has 0 saturated heterocycles. The Hall–Kier alpha value is -2.16. The topological polar surface area (TPSA) is 24.5 Å². The van der Waals surface area contributed by atoms with Gasteiger partial charge in [-0.15, -0.1) is 0 Å². The lowest BCUT2D eigenvalue weighted by atomic mass is 10.1. The summed E-state index contributed by atoms with van der Waals surface area (Å²) in [7, 11) is 5.79. The summed E-state index contributed by atoms with van der Waals surface area (Å²) in [6, 6.07) is 16.7. The van der Waals surface area contributed by atoms with E-state index in [1.165, 1.54) is 11.3 Å². The third-order valence-electron chi connectivity index (χ3n) is 3.26. The van der Waals surface area contributed by atoms with Gasteiger partial charge in [0.05, 0.1) is 7.11 Å². The van der Waals surface area contributed by atoms with Crippen LogP contribution >= 0.6 is 0 Å². The van der Waals surface area contributed by atoms with Crippen molar-refractivity contribution >= 4 is 11.4 Å². The van der Waals surface area contributed by atoms with E-state index in [-0.39, 0.29) is 0 Å². The van der Waals surface area contributed by atoms with Crippen LogP contribution in [0.25, 0.3) is 0 Å². The second-order valence-corrected chi connectivity index (χ2v) is 4.97. The first-order valence-corrected chi connectivity index (χ1v) is 6.83. The normalized spacial score (nSPS) is 10.2. The maximum Gasteiger partial charge on any atom is 0.118 e. The Balaban J connectivity index is 1.87. The van der Waals surface area contributed by atoms with Crippen LogP contribution in [0, 0.1) is 0 Å². The number of hydrogen-bond donors (Lipinski definition) is 1. The fourth-order valence-corrected chi connectivity index (χ4v) is 2.04. The molecule has 0 spiro atoms. The third kappa shape index (κ3) is 3.92. The van der Waals surface area contributed by atoms with Crippen molar-refractivity contribution in [2.45, 2.75) is 6.42 Å². The van der Waals surface area contributed by atoms with Gasteiger partial charge < -0.3 is 15.0 Å². The smallest absolute Gasteiger partial charge is 0.118 e. The Morgan fingerprint density at radius 3 is 2.45 bits per heavy atom. The zero-order chi connectivity index (χ0) is 14.4. The van der Waals surface area contributed by atoms with Crippen molar-refractivity contribution in [3.05, 3.63) is 54.1 Å². The highest BCUT2D eigenvalue weighted by molar-refractivity contribution is 5.57. The highest BCUT2D eigenvalue weighted by Gasteiger charge is 1.98.